The lowest BCUT2D eigenvalue weighted by molar-refractivity contribution is -0.131. The van der Waals surface area contributed by atoms with Crippen molar-refractivity contribution >= 4 is 34.2 Å². The number of carboxylic acid groups (broad SMARTS) is 1. The van der Waals surface area contributed by atoms with Gasteiger partial charge in [-0.3, -0.25) is 0 Å². The Kier molecular flexibility index (Phi) is 4.40. The standard InChI is InChI=1S/C11H8Cl2O2/c12-9-6-4-8(5-7-9)10(13)2-1-3-11(14)15/h1-7H,(H,14,15)/b3-1+,10-2-. The van der Waals surface area contributed by atoms with Crippen molar-refractivity contribution < 1.29 is 9.90 Å². The van der Waals surface area contributed by atoms with Crippen LogP contribution in [-0.2, 0) is 4.79 Å². The summed E-state index contributed by atoms with van der Waals surface area (Å²) in [6, 6.07) is 6.95. The Morgan fingerprint density at radius 2 is 1.87 bits per heavy atom. The molecule has 1 aromatic carbocycles. The third-order valence-electron chi connectivity index (χ3n) is 1.60. The number of allylic oxidation sites excluding steroid dienone is 2. The lowest BCUT2D eigenvalue weighted by atomic mass is 10.2. The zero-order valence-electron chi connectivity index (χ0n) is 7.65. The van der Waals surface area contributed by atoms with Crippen LogP contribution in [0.1, 0.15) is 5.56 Å². The number of hydrogen-bond donors (Lipinski definition) is 1. The summed E-state index contributed by atoms with van der Waals surface area (Å²) in [5.74, 6) is -1.01. The van der Waals surface area contributed by atoms with Crippen molar-refractivity contribution in [3.8, 4) is 0 Å². The molecule has 1 rings (SSSR count). The van der Waals surface area contributed by atoms with Crippen LogP contribution >= 0.6 is 23.2 Å². The van der Waals surface area contributed by atoms with E-state index >= 15 is 0 Å². The van der Waals surface area contributed by atoms with Crippen LogP contribution < -0.4 is 0 Å². The van der Waals surface area contributed by atoms with Gasteiger partial charge in [0.25, 0.3) is 0 Å². The van der Waals surface area contributed by atoms with Crippen LogP contribution in [0.4, 0.5) is 0 Å². The minimum absolute atomic E-state index is 0.462. The maximum absolute atomic E-state index is 10.2. The molecule has 15 heavy (non-hydrogen) atoms. The number of halogens is 2. The quantitative estimate of drug-likeness (QED) is 0.650. The minimum atomic E-state index is -1.01. The summed E-state index contributed by atoms with van der Waals surface area (Å²) in [4.78, 5) is 10.2. The van der Waals surface area contributed by atoms with Crippen molar-refractivity contribution in [3.63, 3.8) is 0 Å². The summed E-state index contributed by atoms with van der Waals surface area (Å²) in [5, 5.41) is 9.45. The van der Waals surface area contributed by atoms with Gasteiger partial charge in [-0.25, -0.2) is 4.79 Å². The number of carbonyl (C=O) groups is 1. The molecule has 78 valence electrons. The average molecular weight is 243 g/mol. The van der Waals surface area contributed by atoms with E-state index in [-0.39, 0.29) is 0 Å². The van der Waals surface area contributed by atoms with Gasteiger partial charge in [-0.15, -0.1) is 0 Å². The van der Waals surface area contributed by atoms with Crippen molar-refractivity contribution in [2.75, 3.05) is 0 Å². The first-order chi connectivity index (χ1) is 7.09. The number of rotatable bonds is 3. The van der Waals surface area contributed by atoms with Gasteiger partial charge in [-0.2, -0.15) is 0 Å². The monoisotopic (exact) mass is 242 g/mol. The number of benzene rings is 1. The third kappa shape index (κ3) is 4.19. The summed E-state index contributed by atoms with van der Waals surface area (Å²) in [6.45, 7) is 0. The van der Waals surface area contributed by atoms with E-state index in [0.29, 0.717) is 10.1 Å². The molecule has 0 unspecified atom stereocenters. The number of carboxylic acids is 1. The molecule has 1 aromatic rings. The Morgan fingerprint density at radius 1 is 1.27 bits per heavy atom. The van der Waals surface area contributed by atoms with Crippen LogP contribution in [0.2, 0.25) is 5.02 Å². The molecule has 0 aliphatic carbocycles. The molecule has 2 nitrogen and oxygen atoms in total. The Balaban J connectivity index is 2.80. The summed E-state index contributed by atoms with van der Waals surface area (Å²) < 4.78 is 0. The first-order valence-electron chi connectivity index (χ1n) is 4.12. The second-order valence-electron chi connectivity index (χ2n) is 2.72. The van der Waals surface area contributed by atoms with E-state index in [4.69, 9.17) is 28.3 Å². The fraction of sp³-hybridized carbons (Fsp3) is 0. The van der Waals surface area contributed by atoms with Crippen LogP contribution in [0, 0.1) is 0 Å². The van der Waals surface area contributed by atoms with Crippen molar-refractivity contribution in [1.82, 2.24) is 0 Å². The second kappa shape index (κ2) is 5.59. The highest BCUT2D eigenvalue weighted by molar-refractivity contribution is 6.49. The van der Waals surface area contributed by atoms with Gasteiger partial charge in [-0.1, -0.05) is 41.4 Å². The molecular formula is C11H8Cl2O2. The lowest BCUT2D eigenvalue weighted by Crippen LogP contribution is -1.84. The maximum atomic E-state index is 10.2. The van der Waals surface area contributed by atoms with Crippen LogP contribution in [0.15, 0.2) is 42.5 Å². The van der Waals surface area contributed by atoms with E-state index in [2.05, 4.69) is 0 Å². The smallest absolute Gasteiger partial charge is 0.328 e. The van der Waals surface area contributed by atoms with Gasteiger partial charge < -0.3 is 5.11 Å². The van der Waals surface area contributed by atoms with Gasteiger partial charge in [0.05, 0.1) is 0 Å². The zero-order chi connectivity index (χ0) is 11.3. The highest BCUT2D eigenvalue weighted by atomic mass is 35.5. The Labute approximate surface area is 97.4 Å². The topological polar surface area (TPSA) is 37.3 Å². The van der Waals surface area contributed by atoms with Crippen LogP contribution in [0.25, 0.3) is 5.03 Å². The molecule has 1 N–H and O–H groups in total. The van der Waals surface area contributed by atoms with Crippen molar-refractivity contribution in [2.45, 2.75) is 0 Å². The summed E-state index contributed by atoms with van der Waals surface area (Å²) in [7, 11) is 0. The normalized spacial score (nSPS) is 12.0. The van der Waals surface area contributed by atoms with Gasteiger partial charge in [0.15, 0.2) is 0 Å². The predicted molar refractivity (Wildman–Crippen MR) is 62.1 cm³/mol. The van der Waals surface area contributed by atoms with E-state index in [9.17, 15) is 4.79 Å². The molecule has 0 saturated heterocycles. The Morgan fingerprint density at radius 3 is 2.40 bits per heavy atom. The van der Waals surface area contributed by atoms with E-state index in [1.807, 2.05) is 0 Å². The first-order valence-corrected chi connectivity index (χ1v) is 4.88. The number of aliphatic carboxylic acids is 1. The van der Waals surface area contributed by atoms with Gasteiger partial charge >= 0.3 is 5.97 Å². The van der Waals surface area contributed by atoms with Crippen molar-refractivity contribution in [3.05, 3.63) is 53.1 Å². The van der Waals surface area contributed by atoms with Gasteiger partial charge in [0.1, 0.15) is 0 Å². The molecule has 0 saturated carbocycles. The molecule has 0 fully saturated rings. The SMILES string of the molecule is O=C(O)/C=C/C=C(\Cl)c1ccc(Cl)cc1. The molecule has 0 heterocycles. The molecule has 0 spiro atoms. The van der Waals surface area contributed by atoms with E-state index in [1.165, 1.54) is 12.2 Å². The van der Waals surface area contributed by atoms with Crippen LogP contribution in [-0.4, -0.2) is 11.1 Å². The van der Waals surface area contributed by atoms with E-state index in [0.717, 1.165) is 11.6 Å². The highest BCUT2D eigenvalue weighted by Gasteiger charge is 1.96. The molecule has 0 radical (unpaired) electrons. The predicted octanol–water partition coefficient (Wildman–Crippen LogP) is 3.56. The zero-order valence-corrected chi connectivity index (χ0v) is 9.16. The Hall–Kier alpha value is -1.25. The molecular weight excluding hydrogens is 235 g/mol. The van der Waals surface area contributed by atoms with Crippen LogP contribution in [0.5, 0.6) is 0 Å². The first kappa shape index (κ1) is 11.8. The van der Waals surface area contributed by atoms with Gasteiger partial charge in [0, 0.05) is 16.1 Å². The molecule has 0 aliphatic rings. The fourth-order valence-corrected chi connectivity index (χ4v) is 1.24. The largest absolute Gasteiger partial charge is 0.478 e. The molecule has 0 bridgehead atoms. The molecule has 4 heteroatoms. The minimum Gasteiger partial charge on any atom is -0.478 e. The fourth-order valence-electron chi connectivity index (χ4n) is 0.920. The second-order valence-corrected chi connectivity index (χ2v) is 3.56. The average Bonchev–Trinajstić information content (AvgIpc) is 2.18. The van der Waals surface area contributed by atoms with Crippen molar-refractivity contribution in [1.29, 1.82) is 0 Å². The van der Waals surface area contributed by atoms with Crippen molar-refractivity contribution in [2.24, 2.45) is 0 Å². The molecule has 0 aliphatic heterocycles. The maximum Gasteiger partial charge on any atom is 0.328 e. The summed E-state index contributed by atoms with van der Waals surface area (Å²) >= 11 is 11.6. The molecule has 0 amide bonds. The third-order valence-corrected chi connectivity index (χ3v) is 2.20. The van der Waals surface area contributed by atoms with Gasteiger partial charge in [-0.05, 0) is 23.8 Å². The van der Waals surface area contributed by atoms with Gasteiger partial charge in [0.2, 0.25) is 0 Å². The van der Waals surface area contributed by atoms with E-state index < -0.39 is 5.97 Å². The van der Waals surface area contributed by atoms with Crippen LogP contribution in [0.3, 0.4) is 0 Å². The highest BCUT2D eigenvalue weighted by Crippen LogP contribution is 2.20. The lowest BCUT2D eigenvalue weighted by Gasteiger charge is -1.97. The number of hydrogen-bond acceptors (Lipinski definition) is 1. The molecule has 0 atom stereocenters. The van der Waals surface area contributed by atoms with E-state index in [1.54, 1.807) is 24.3 Å². The summed E-state index contributed by atoms with van der Waals surface area (Å²) in [5.41, 5.74) is 0.788. The Bertz CT molecular complexity index is 405. The summed E-state index contributed by atoms with van der Waals surface area (Å²) in [6.07, 6.45) is 3.90. The molecule has 0 aromatic heterocycles.